The molecule has 0 spiro atoms. The first-order valence-corrected chi connectivity index (χ1v) is 8.69. The van der Waals surface area contributed by atoms with E-state index in [0.29, 0.717) is 17.4 Å². The van der Waals surface area contributed by atoms with E-state index >= 15 is 0 Å². The lowest BCUT2D eigenvalue weighted by Crippen LogP contribution is -2.33. The molecule has 0 aliphatic heterocycles. The van der Waals surface area contributed by atoms with E-state index in [0.717, 1.165) is 18.4 Å². The number of ether oxygens (including phenoxy) is 1. The van der Waals surface area contributed by atoms with Gasteiger partial charge in [-0.05, 0) is 69.3 Å². The number of nitrogens with zero attached hydrogens (tertiary/aromatic N) is 1. The molecule has 0 amide bonds. The molecule has 1 aliphatic carbocycles. The maximum atomic E-state index is 12.3. The lowest BCUT2D eigenvalue weighted by atomic mass is 9.91. The number of benzene rings is 2. The lowest BCUT2D eigenvalue weighted by molar-refractivity contribution is 0.0735. The van der Waals surface area contributed by atoms with Crippen molar-refractivity contribution < 1.29 is 9.53 Å². The van der Waals surface area contributed by atoms with Gasteiger partial charge < -0.3 is 14.6 Å². The Morgan fingerprint density at radius 3 is 2.72 bits per heavy atom. The van der Waals surface area contributed by atoms with Crippen molar-refractivity contribution in [2.45, 2.75) is 25.3 Å². The molecule has 1 aromatic heterocycles. The van der Waals surface area contributed by atoms with Gasteiger partial charge in [-0.25, -0.2) is 4.79 Å². The summed E-state index contributed by atoms with van der Waals surface area (Å²) >= 11 is 0. The second kappa shape index (κ2) is 6.37. The Morgan fingerprint density at radius 1 is 1.16 bits per heavy atom. The largest absolute Gasteiger partial charge is 0.423 e. The first-order chi connectivity index (χ1) is 12.1. The highest BCUT2D eigenvalue weighted by atomic mass is 16.5. The average Bonchev–Trinajstić information content (AvgIpc) is 2.99. The number of aromatic nitrogens is 1. The zero-order valence-corrected chi connectivity index (χ0v) is 14.6. The standard InChI is InChI=1S/C21H22N2O2/c1-23(2)15-8-10-19-17(12-15)18-13-16(9-11-20(18)22-19)25-21(24)14-6-4-3-5-7-14/h3-7,9,11,13,15,22H,8,10,12H2,1-2H3. The molecule has 1 unspecified atom stereocenters. The molecular weight excluding hydrogens is 312 g/mol. The van der Waals surface area contributed by atoms with Gasteiger partial charge in [-0.2, -0.15) is 0 Å². The molecule has 1 N–H and O–H groups in total. The summed E-state index contributed by atoms with van der Waals surface area (Å²) in [7, 11) is 4.27. The van der Waals surface area contributed by atoms with Gasteiger partial charge in [-0.15, -0.1) is 0 Å². The fourth-order valence-corrected chi connectivity index (χ4v) is 3.62. The van der Waals surface area contributed by atoms with Crippen molar-refractivity contribution in [2.24, 2.45) is 0 Å². The maximum absolute atomic E-state index is 12.3. The summed E-state index contributed by atoms with van der Waals surface area (Å²) in [6, 6.07) is 15.5. The van der Waals surface area contributed by atoms with Gasteiger partial charge in [0.25, 0.3) is 0 Å². The van der Waals surface area contributed by atoms with Gasteiger partial charge in [0.2, 0.25) is 0 Å². The highest BCUT2D eigenvalue weighted by Crippen LogP contribution is 2.32. The minimum atomic E-state index is -0.324. The fraction of sp³-hybridized carbons (Fsp3) is 0.286. The second-order valence-electron chi connectivity index (χ2n) is 6.91. The predicted octanol–water partition coefficient (Wildman–Crippen LogP) is 3.81. The van der Waals surface area contributed by atoms with Crippen LogP contribution in [0.1, 0.15) is 28.0 Å². The number of esters is 1. The van der Waals surface area contributed by atoms with Gasteiger partial charge >= 0.3 is 5.97 Å². The number of hydrogen-bond donors (Lipinski definition) is 1. The van der Waals surface area contributed by atoms with Crippen LogP contribution in [0.25, 0.3) is 10.9 Å². The predicted molar refractivity (Wildman–Crippen MR) is 99.2 cm³/mol. The average molecular weight is 334 g/mol. The van der Waals surface area contributed by atoms with Crippen LogP contribution in [-0.4, -0.2) is 36.0 Å². The normalized spacial score (nSPS) is 16.8. The van der Waals surface area contributed by atoms with E-state index in [1.165, 1.54) is 23.1 Å². The molecule has 2 aromatic carbocycles. The number of rotatable bonds is 3. The smallest absolute Gasteiger partial charge is 0.343 e. The number of H-pyrrole nitrogens is 1. The monoisotopic (exact) mass is 334 g/mol. The molecule has 1 atom stereocenters. The molecular formula is C21H22N2O2. The van der Waals surface area contributed by atoms with Crippen molar-refractivity contribution in [1.29, 1.82) is 0 Å². The lowest BCUT2D eigenvalue weighted by Gasteiger charge is -2.28. The van der Waals surface area contributed by atoms with Crippen LogP contribution in [0, 0.1) is 0 Å². The minimum Gasteiger partial charge on any atom is -0.423 e. The minimum absolute atomic E-state index is 0.324. The van der Waals surface area contributed by atoms with Crippen molar-refractivity contribution in [1.82, 2.24) is 9.88 Å². The Balaban J connectivity index is 1.64. The van der Waals surface area contributed by atoms with Crippen LogP contribution in [0.3, 0.4) is 0 Å². The number of carbonyl (C=O) groups is 1. The molecule has 0 saturated heterocycles. The number of likely N-dealkylation sites (N-methyl/N-ethyl adjacent to an activating group) is 1. The number of nitrogens with one attached hydrogen (secondary N) is 1. The van der Waals surface area contributed by atoms with Crippen LogP contribution >= 0.6 is 0 Å². The molecule has 1 heterocycles. The molecule has 4 rings (SSSR count). The molecule has 4 nitrogen and oxygen atoms in total. The van der Waals surface area contributed by atoms with E-state index in [1.54, 1.807) is 12.1 Å². The highest BCUT2D eigenvalue weighted by Gasteiger charge is 2.24. The van der Waals surface area contributed by atoms with Crippen LogP contribution in [-0.2, 0) is 12.8 Å². The molecule has 4 heteroatoms. The molecule has 0 fully saturated rings. The van der Waals surface area contributed by atoms with E-state index in [4.69, 9.17) is 4.74 Å². The quantitative estimate of drug-likeness (QED) is 0.585. The van der Waals surface area contributed by atoms with Gasteiger partial charge in [-0.3, -0.25) is 0 Å². The second-order valence-corrected chi connectivity index (χ2v) is 6.91. The van der Waals surface area contributed by atoms with E-state index in [2.05, 4.69) is 24.0 Å². The van der Waals surface area contributed by atoms with Crippen molar-refractivity contribution >= 4 is 16.9 Å². The topological polar surface area (TPSA) is 45.3 Å². The van der Waals surface area contributed by atoms with Crippen LogP contribution in [0.5, 0.6) is 5.75 Å². The van der Waals surface area contributed by atoms with Gasteiger partial charge in [-0.1, -0.05) is 18.2 Å². The van der Waals surface area contributed by atoms with E-state index in [-0.39, 0.29) is 5.97 Å². The Morgan fingerprint density at radius 2 is 1.96 bits per heavy atom. The summed E-state index contributed by atoms with van der Waals surface area (Å²) in [4.78, 5) is 18.1. The van der Waals surface area contributed by atoms with Crippen LogP contribution < -0.4 is 4.74 Å². The molecule has 0 radical (unpaired) electrons. The highest BCUT2D eigenvalue weighted by molar-refractivity contribution is 5.92. The molecule has 3 aromatic rings. The molecule has 128 valence electrons. The maximum Gasteiger partial charge on any atom is 0.343 e. The number of carbonyl (C=O) groups excluding carboxylic acids is 1. The Bertz CT molecular complexity index is 912. The number of aromatic amines is 1. The zero-order chi connectivity index (χ0) is 17.4. The summed E-state index contributed by atoms with van der Waals surface area (Å²) in [5.41, 5.74) is 4.35. The van der Waals surface area contributed by atoms with Gasteiger partial charge in [0.05, 0.1) is 5.56 Å². The Hall–Kier alpha value is -2.59. The summed E-state index contributed by atoms with van der Waals surface area (Å²) in [5.74, 6) is 0.269. The summed E-state index contributed by atoms with van der Waals surface area (Å²) < 4.78 is 5.58. The first-order valence-electron chi connectivity index (χ1n) is 8.69. The van der Waals surface area contributed by atoms with Crippen molar-refractivity contribution in [3.63, 3.8) is 0 Å². The number of aryl methyl sites for hydroxylation is 1. The van der Waals surface area contributed by atoms with Crippen molar-refractivity contribution in [3.8, 4) is 5.75 Å². The van der Waals surface area contributed by atoms with Crippen molar-refractivity contribution in [3.05, 3.63) is 65.4 Å². The van der Waals surface area contributed by atoms with E-state index in [9.17, 15) is 4.79 Å². The van der Waals surface area contributed by atoms with Gasteiger partial charge in [0.1, 0.15) is 5.75 Å². The van der Waals surface area contributed by atoms with E-state index < -0.39 is 0 Å². The van der Waals surface area contributed by atoms with Crippen LogP contribution in [0.4, 0.5) is 0 Å². The Labute approximate surface area is 147 Å². The number of hydrogen-bond acceptors (Lipinski definition) is 3. The van der Waals surface area contributed by atoms with Gasteiger partial charge in [0.15, 0.2) is 0 Å². The van der Waals surface area contributed by atoms with Crippen LogP contribution in [0.15, 0.2) is 48.5 Å². The molecule has 1 aliphatic rings. The third kappa shape index (κ3) is 3.05. The Kier molecular flexibility index (Phi) is 4.06. The third-order valence-corrected chi connectivity index (χ3v) is 5.08. The van der Waals surface area contributed by atoms with Crippen LogP contribution in [0.2, 0.25) is 0 Å². The summed E-state index contributed by atoms with van der Waals surface area (Å²) in [5, 5.41) is 1.17. The third-order valence-electron chi connectivity index (χ3n) is 5.08. The molecule has 0 bridgehead atoms. The molecule has 0 saturated carbocycles. The SMILES string of the molecule is CN(C)C1CCc2[nH]c3ccc(OC(=O)c4ccccc4)cc3c2C1. The molecule has 25 heavy (non-hydrogen) atoms. The fourth-order valence-electron chi connectivity index (χ4n) is 3.62. The zero-order valence-electron chi connectivity index (χ0n) is 14.6. The number of fused-ring (bicyclic) bond motifs is 3. The van der Waals surface area contributed by atoms with Crippen molar-refractivity contribution in [2.75, 3.05) is 14.1 Å². The summed E-state index contributed by atoms with van der Waals surface area (Å²) in [6.07, 6.45) is 3.26. The van der Waals surface area contributed by atoms with Gasteiger partial charge in [0, 0.05) is 22.6 Å². The summed E-state index contributed by atoms with van der Waals surface area (Å²) in [6.45, 7) is 0. The first kappa shape index (κ1) is 15.9. The van der Waals surface area contributed by atoms with E-state index in [1.807, 2.05) is 36.4 Å².